The maximum Gasteiger partial charge on any atom is 0.241 e. The van der Waals surface area contributed by atoms with E-state index in [1.54, 1.807) is 0 Å². The first-order valence-electron chi connectivity index (χ1n) is 2.98. The first-order valence-corrected chi connectivity index (χ1v) is 2.98. The van der Waals surface area contributed by atoms with E-state index in [0.717, 1.165) is 25.1 Å². The minimum absolute atomic E-state index is 0.339. The molecule has 0 radical (unpaired) electrons. The van der Waals surface area contributed by atoms with Crippen LogP contribution >= 0.6 is 0 Å². The maximum absolute atomic E-state index is 10.3. The molecule has 0 aromatic heterocycles. The second-order valence-corrected chi connectivity index (χ2v) is 2.13. The Morgan fingerprint density at radius 1 is 1.78 bits per heavy atom. The van der Waals surface area contributed by atoms with Crippen LogP contribution in [0.1, 0.15) is 6.42 Å². The first-order chi connectivity index (χ1) is 4.29. The maximum atomic E-state index is 10.3. The number of hydrogen-bond acceptors (Lipinski definition) is 2. The zero-order valence-corrected chi connectivity index (χ0v) is 5.18. The molecule has 1 rings (SSSR count). The van der Waals surface area contributed by atoms with Crippen molar-refractivity contribution in [3.05, 3.63) is 11.6 Å². The summed E-state index contributed by atoms with van der Waals surface area (Å²) < 4.78 is 0. The number of primary amides is 1. The van der Waals surface area contributed by atoms with Crippen LogP contribution in [0, 0.1) is 0 Å². The van der Waals surface area contributed by atoms with Crippen molar-refractivity contribution in [2.45, 2.75) is 6.42 Å². The number of nitrogens with two attached hydrogens (primary N) is 1. The Labute approximate surface area is 53.9 Å². The summed E-state index contributed by atoms with van der Waals surface area (Å²) in [7, 11) is 0. The molecule has 0 unspecified atom stereocenters. The lowest BCUT2D eigenvalue weighted by Gasteiger charge is -1.88. The van der Waals surface area contributed by atoms with Gasteiger partial charge in [0.1, 0.15) is 0 Å². The third kappa shape index (κ3) is 1.85. The van der Waals surface area contributed by atoms with E-state index < -0.39 is 0 Å². The van der Waals surface area contributed by atoms with Crippen LogP contribution in [0.2, 0.25) is 0 Å². The summed E-state index contributed by atoms with van der Waals surface area (Å²) in [4.78, 5) is 10.3. The molecule has 0 aromatic rings. The SMILES string of the molecule is NC(=O)C=C1CCNC1. The van der Waals surface area contributed by atoms with Crippen molar-refractivity contribution in [2.24, 2.45) is 5.73 Å². The molecular weight excluding hydrogens is 116 g/mol. The van der Waals surface area contributed by atoms with Gasteiger partial charge in [0.05, 0.1) is 0 Å². The Morgan fingerprint density at radius 3 is 3.00 bits per heavy atom. The van der Waals surface area contributed by atoms with Gasteiger partial charge < -0.3 is 11.1 Å². The molecule has 1 aliphatic heterocycles. The summed E-state index contributed by atoms with van der Waals surface area (Å²) in [6, 6.07) is 0. The van der Waals surface area contributed by atoms with Gasteiger partial charge in [0.25, 0.3) is 0 Å². The zero-order chi connectivity index (χ0) is 6.69. The molecule has 3 nitrogen and oxygen atoms in total. The number of nitrogens with one attached hydrogen (secondary N) is 1. The summed E-state index contributed by atoms with van der Waals surface area (Å²) >= 11 is 0. The molecule has 0 saturated carbocycles. The van der Waals surface area contributed by atoms with Gasteiger partial charge >= 0.3 is 0 Å². The molecule has 1 heterocycles. The van der Waals surface area contributed by atoms with E-state index in [1.165, 1.54) is 6.08 Å². The van der Waals surface area contributed by atoms with E-state index in [0.29, 0.717) is 0 Å². The first kappa shape index (κ1) is 6.29. The molecule has 0 aromatic carbocycles. The summed E-state index contributed by atoms with van der Waals surface area (Å²) in [5.74, 6) is -0.339. The molecular formula is C6H10N2O. The molecule has 0 spiro atoms. The van der Waals surface area contributed by atoms with Crippen LogP contribution in [0.5, 0.6) is 0 Å². The highest BCUT2D eigenvalue weighted by molar-refractivity contribution is 5.86. The normalized spacial score (nSPS) is 22.9. The van der Waals surface area contributed by atoms with Crippen molar-refractivity contribution in [3.63, 3.8) is 0 Å². The quantitative estimate of drug-likeness (QED) is 0.460. The number of carbonyl (C=O) groups is 1. The zero-order valence-electron chi connectivity index (χ0n) is 5.18. The molecule has 1 saturated heterocycles. The highest BCUT2D eigenvalue weighted by Crippen LogP contribution is 2.03. The summed E-state index contributed by atoms with van der Waals surface area (Å²) in [5, 5.41) is 3.10. The lowest BCUT2D eigenvalue weighted by Crippen LogP contribution is -2.09. The summed E-state index contributed by atoms with van der Waals surface area (Å²) in [6.07, 6.45) is 2.46. The average molecular weight is 126 g/mol. The monoisotopic (exact) mass is 126 g/mol. The second kappa shape index (κ2) is 2.64. The standard InChI is InChI=1S/C6H10N2O/c7-6(9)3-5-1-2-8-4-5/h3,8H,1-2,4H2,(H2,7,9). The summed E-state index contributed by atoms with van der Waals surface area (Å²) in [5.41, 5.74) is 6.04. The Morgan fingerprint density at radius 2 is 2.56 bits per heavy atom. The third-order valence-corrected chi connectivity index (χ3v) is 1.32. The fourth-order valence-electron chi connectivity index (χ4n) is 0.911. The van der Waals surface area contributed by atoms with E-state index in [9.17, 15) is 4.79 Å². The van der Waals surface area contributed by atoms with Gasteiger partial charge in [0.2, 0.25) is 5.91 Å². The molecule has 1 aliphatic rings. The Balaban J connectivity index is 2.49. The summed E-state index contributed by atoms with van der Waals surface area (Å²) in [6.45, 7) is 1.79. The largest absolute Gasteiger partial charge is 0.366 e. The van der Waals surface area contributed by atoms with Gasteiger partial charge in [-0.05, 0) is 18.5 Å². The van der Waals surface area contributed by atoms with Gasteiger partial charge in [0, 0.05) is 12.6 Å². The van der Waals surface area contributed by atoms with Crippen LogP contribution in [0.4, 0.5) is 0 Å². The molecule has 0 aliphatic carbocycles. The number of hydrogen-bond donors (Lipinski definition) is 2. The number of rotatable bonds is 1. The minimum atomic E-state index is -0.339. The van der Waals surface area contributed by atoms with Crippen LogP contribution in [0.3, 0.4) is 0 Å². The van der Waals surface area contributed by atoms with Gasteiger partial charge in [0.15, 0.2) is 0 Å². The van der Waals surface area contributed by atoms with Gasteiger partial charge in [-0.25, -0.2) is 0 Å². The molecule has 3 N–H and O–H groups in total. The predicted molar refractivity (Wildman–Crippen MR) is 34.8 cm³/mol. The highest BCUT2D eigenvalue weighted by Gasteiger charge is 2.04. The van der Waals surface area contributed by atoms with Crippen LogP contribution in [-0.2, 0) is 4.79 Å². The Hall–Kier alpha value is -0.830. The fourth-order valence-corrected chi connectivity index (χ4v) is 0.911. The van der Waals surface area contributed by atoms with Crippen LogP contribution < -0.4 is 11.1 Å². The lowest BCUT2D eigenvalue weighted by molar-refractivity contribution is -0.113. The van der Waals surface area contributed by atoms with Crippen LogP contribution in [0.15, 0.2) is 11.6 Å². The van der Waals surface area contributed by atoms with Gasteiger partial charge in [-0.15, -0.1) is 0 Å². The van der Waals surface area contributed by atoms with Crippen molar-refractivity contribution < 1.29 is 4.79 Å². The average Bonchev–Trinajstić information content (AvgIpc) is 2.15. The van der Waals surface area contributed by atoms with Gasteiger partial charge in [-0.1, -0.05) is 0 Å². The van der Waals surface area contributed by atoms with E-state index in [-0.39, 0.29) is 5.91 Å². The van der Waals surface area contributed by atoms with Crippen LogP contribution in [0.25, 0.3) is 0 Å². The van der Waals surface area contributed by atoms with E-state index >= 15 is 0 Å². The molecule has 1 amide bonds. The van der Waals surface area contributed by atoms with Gasteiger partial charge in [-0.3, -0.25) is 4.79 Å². The lowest BCUT2D eigenvalue weighted by atomic mass is 10.2. The molecule has 1 fully saturated rings. The fraction of sp³-hybridized carbons (Fsp3) is 0.500. The van der Waals surface area contributed by atoms with E-state index in [4.69, 9.17) is 5.73 Å². The van der Waals surface area contributed by atoms with Crippen molar-refractivity contribution in [3.8, 4) is 0 Å². The predicted octanol–water partition coefficient (Wildman–Crippen LogP) is -0.609. The molecule has 3 heteroatoms. The van der Waals surface area contributed by atoms with Crippen molar-refractivity contribution in [1.82, 2.24) is 5.32 Å². The molecule has 0 bridgehead atoms. The van der Waals surface area contributed by atoms with Crippen LogP contribution in [-0.4, -0.2) is 19.0 Å². The molecule has 50 valence electrons. The van der Waals surface area contributed by atoms with E-state index in [2.05, 4.69) is 5.32 Å². The minimum Gasteiger partial charge on any atom is -0.366 e. The highest BCUT2D eigenvalue weighted by atomic mass is 16.1. The van der Waals surface area contributed by atoms with Gasteiger partial charge in [-0.2, -0.15) is 0 Å². The third-order valence-electron chi connectivity index (χ3n) is 1.32. The van der Waals surface area contributed by atoms with Crippen molar-refractivity contribution in [1.29, 1.82) is 0 Å². The number of carbonyl (C=O) groups excluding carboxylic acids is 1. The molecule has 9 heavy (non-hydrogen) atoms. The molecule has 0 atom stereocenters. The Bertz CT molecular complexity index is 143. The van der Waals surface area contributed by atoms with E-state index in [1.807, 2.05) is 0 Å². The van der Waals surface area contributed by atoms with Crippen molar-refractivity contribution >= 4 is 5.91 Å². The number of amides is 1. The smallest absolute Gasteiger partial charge is 0.241 e. The topological polar surface area (TPSA) is 55.1 Å². The second-order valence-electron chi connectivity index (χ2n) is 2.13. The van der Waals surface area contributed by atoms with Crippen molar-refractivity contribution in [2.75, 3.05) is 13.1 Å². The Kier molecular flexibility index (Phi) is 1.85.